The third-order valence-corrected chi connectivity index (χ3v) is 6.56. The third-order valence-electron chi connectivity index (χ3n) is 5.98. The number of hydrogen-bond acceptors (Lipinski definition) is 5. The lowest BCUT2D eigenvalue weighted by atomic mass is 9.95. The summed E-state index contributed by atoms with van der Waals surface area (Å²) in [5.41, 5.74) is 7.30. The van der Waals surface area contributed by atoms with E-state index >= 15 is 0 Å². The van der Waals surface area contributed by atoms with Gasteiger partial charge in [-0.3, -0.25) is 9.69 Å². The molecule has 3 heterocycles. The zero-order valence-electron chi connectivity index (χ0n) is 16.8. The number of nitrogens with one attached hydrogen (secondary N) is 1. The van der Waals surface area contributed by atoms with E-state index < -0.39 is 0 Å². The van der Waals surface area contributed by atoms with E-state index in [1.54, 1.807) is 11.3 Å². The topological polar surface area (TPSA) is 54.5 Å². The van der Waals surface area contributed by atoms with Gasteiger partial charge in [0.25, 0.3) is 0 Å². The van der Waals surface area contributed by atoms with Gasteiger partial charge >= 0.3 is 0 Å². The maximum Gasteiger partial charge on any atom is 0.227 e. The highest BCUT2D eigenvalue weighted by atomic mass is 32.1. The second-order valence-electron chi connectivity index (χ2n) is 8.03. The van der Waals surface area contributed by atoms with Crippen molar-refractivity contribution in [1.29, 1.82) is 0 Å². The smallest absolute Gasteiger partial charge is 0.227 e. The monoisotopic (exact) mass is 419 g/mol. The summed E-state index contributed by atoms with van der Waals surface area (Å²) in [6.07, 6.45) is 2.80. The molecule has 2 aromatic carbocycles. The molecular formula is C24H25N3O2S. The molecule has 3 aromatic rings. The Labute approximate surface area is 180 Å². The summed E-state index contributed by atoms with van der Waals surface area (Å²) in [6.45, 7) is 3.64. The summed E-state index contributed by atoms with van der Waals surface area (Å²) in [5, 5.41) is 5.13. The number of fused-ring (bicyclic) bond motifs is 1. The SMILES string of the molecule is O=C(Nc1cccc(-c2cscn2)c1)C1CCN(Cc2ccc3c(c2)CCO3)CC1. The van der Waals surface area contributed by atoms with Crippen LogP contribution in [0.3, 0.4) is 0 Å². The number of hydrogen-bond donors (Lipinski definition) is 1. The van der Waals surface area contributed by atoms with E-state index in [4.69, 9.17) is 4.74 Å². The highest BCUT2D eigenvalue weighted by Gasteiger charge is 2.25. The molecule has 2 aliphatic rings. The van der Waals surface area contributed by atoms with Crippen LogP contribution in [-0.2, 0) is 17.8 Å². The van der Waals surface area contributed by atoms with Gasteiger partial charge in [0.2, 0.25) is 5.91 Å². The van der Waals surface area contributed by atoms with Crippen molar-refractivity contribution in [3.63, 3.8) is 0 Å². The van der Waals surface area contributed by atoms with E-state index in [2.05, 4.69) is 33.4 Å². The normalized spacial score (nSPS) is 16.8. The molecule has 0 atom stereocenters. The van der Waals surface area contributed by atoms with Crippen molar-refractivity contribution in [2.75, 3.05) is 25.0 Å². The van der Waals surface area contributed by atoms with E-state index in [9.17, 15) is 4.79 Å². The fourth-order valence-corrected chi connectivity index (χ4v) is 4.87. The highest BCUT2D eigenvalue weighted by Crippen LogP contribution is 2.28. The molecule has 154 valence electrons. The number of ether oxygens (including phenoxy) is 1. The van der Waals surface area contributed by atoms with E-state index in [0.717, 1.165) is 68.2 Å². The summed E-state index contributed by atoms with van der Waals surface area (Å²) in [7, 11) is 0. The molecule has 2 aliphatic heterocycles. The Morgan fingerprint density at radius 3 is 2.93 bits per heavy atom. The van der Waals surface area contributed by atoms with Crippen molar-refractivity contribution in [3.05, 3.63) is 64.5 Å². The predicted molar refractivity (Wildman–Crippen MR) is 120 cm³/mol. The van der Waals surface area contributed by atoms with Gasteiger partial charge < -0.3 is 10.1 Å². The van der Waals surface area contributed by atoms with Crippen LogP contribution in [0.4, 0.5) is 5.69 Å². The molecular weight excluding hydrogens is 394 g/mol. The molecule has 0 bridgehead atoms. The van der Waals surface area contributed by atoms with Gasteiger partial charge in [-0.05, 0) is 55.3 Å². The van der Waals surface area contributed by atoms with Crippen molar-refractivity contribution >= 4 is 22.9 Å². The zero-order valence-corrected chi connectivity index (χ0v) is 17.7. The minimum absolute atomic E-state index is 0.0672. The van der Waals surface area contributed by atoms with E-state index in [0.29, 0.717) is 0 Å². The Balaban J connectivity index is 1.15. The summed E-state index contributed by atoms with van der Waals surface area (Å²) in [4.78, 5) is 19.6. The molecule has 5 rings (SSSR count). The number of amides is 1. The van der Waals surface area contributed by atoms with Crippen LogP contribution in [0.5, 0.6) is 5.75 Å². The Kier molecular flexibility index (Phi) is 5.51. The maximum atomic E-state index is 12.8. The van der Waals surface area contributed by atoms with Gasteiger partial charge in [0.05, 0.1) is 17.8 Å². The van der Waals surface area contributed by atoms with Crippen molar-refractivity contribution in [3.8, 4) is 17.0 Å². The van der Waals surface area contributed by atoms with Gasteiger partial charge in [0, 0.05) is 35.5 Å². The van der Waals surface area contributed by atoms with Crippen LogP contribution in [0.15, 0.2) is 53.4 Å². The molecule has 0 spiro atoms. The summed E-state index contributed by atoms with van der Waals surface area (Å²) in [6, 6.07) is 14.5. The van der Waals surface area contributed by atoms with Crippen LogP contribution in [0.2, 0.25) is 0 Å². The number of rotatable bonds is 5. The van der Waals surface area contributed by atoms with Gasteiger partial charge in [-0.15, -0.1) is 11.3 Å². The van der Waals surface area contributed by atoms with Crippen molar-refractivity contribution < 1.29 is 9.53 Å². The van der Waals surface area contributed by atoms with Gasteiger partial charge in [-0.25, -0.2) is 4.98 Å². The van der Waals surface area contributed by atoms with Crippen molar-refractivity contribution in [2.24, 2.45) is 5.92 Å². The molecule has 0 saturated carbocycles. The first-order chi connectivity index (χ1) is 14.7. The average Bonchev–Trinajstić information content (AvgIpc) is 3.46. The summed E-state index contributed by atoms with van der Waals surface area (Å²) >= 11 is 1.57. The molecule has 5 nitrogen and oxygen atoms in total. The molecule has 30 heavy (non-hydrogen) atoms. The molecule has 0 radical (unpaired) electrons. The standard InChI is InChI=1S/C24H25N3O2S/c28-24(26-21-3-1-2-19(13-21)22-15-30-16-25-22)18-6-9-27(10-7-18)14-17-4-5-23-20(12-17)8-11-29-23/h1-5,12-13,15-16,18H,6-11,14H2,(H,26,28). The highest BCUT2D eigenvalue weighted by molar-refractivity contribution is 7.07. The number of anilines is 1. The van der Waals surface area contributed by atoms with Crippen LogP contribution in [0.1, 0.15) is 24.0 Å². The Morgan fingerprint density at radius 1 is 1.20 bits per heavy atom. The van der Waals surface area contributed by atoms with Crippen LogP contribution >= 0.6 is 11.3 Å². The van der Waals surface area contributed by atoms with Gasteiger partial charge in [0.1, 0.15) is 5.75 Å². The fraction of sp³-hybridized carbons (Fsp3) is 0.333. The fourth-order valence-electron chi connectivity index (χ4n) is 4.31. The predicted octanol–water partition coefficient (Wildman–Crippen LogP) is 4.60. The lowest BCUT2D eigenvalue weighted by Crippen LogP contribution is -2.37. The molecule has 1 N–H and O–H groups in total. The number of likely N-dealkylation sites (tertiary alicyclic amines) is 1. The lowest BCUT2D eigenvalue weighted by Gasteiger charge is -2.31. The molecule has 6 heteroatoms. The van der Waals surface area contributed by atoms with Crippen LogP contribution < -0.4 is 10.1 Å². The number of nitrogens with zero attached hydrogens (tertiary/aromatic N) is 2. The number of carbonyl (C=O) groups is 1. The van der Waals surface area contributed by atoms with Crippen LogP contribution in [0, 0.1) is 5.92 Å². The van der Waals surface area contributed by atoms with E-state index in [1.165, 1.54) is 11.1 Å². The van der Waals surface area contributed by atoms with Gasteiger partial charge in [-0.2, -0.15) is 0 Å². The number of thiazole rings is 1. The number of carbonyl (C=O) groups excluding carboxylic acids is 1. The lowest BCUT2D eigenvalue weighted by molar-refractivity contribution is -0.121. The van der Waals surface area contributed by atoms with Crippen molar-refractivity contribution in [1.82, 2.24) is 9.88 Å². The third kappa shape index (κ3) is 4.25. The Hall–Kier alpha value is -2.70. The Bertz CT molecular complexity index is 1030. The second kappa shape index (κ2) is 8.58. The van der Waals surface area contributed by atoms with Gasteiger partial charge in [0.15, 0.2) is 0 Å². The largest absolute Gasteiger partial charge is 0.493 e. The van der Waals surface area contributed by atoms with E-state index in [-0.39, 0.29) is 11.8 Å². The molecule has 0 unspecified atom stereocenters. The first-order valence-electron chi connectivity index (χ1n) is 10.5. The molecule has 1 amide bonds. The van der Waals surface area contributed by atoms with Crippen LogP contribution in [-0.4, -0.2) is 35.5 Å². The number of piperidine rings is 1. The van der Waals surface area contributed by atoms with E-state index in [1.807, 2.05) is 35.2 Å². The number of aromatic nitrogens is 1. The molecule has 1 saturated heterocycles. The molecule has 1 fully saturated rings. The average molecular weight is 420 g/mol. The first kappa shape index (κ1) is 19.3. The molecule has 0 aliphatic carbocycles. The quantitative estimate of drug-likeness (QED) is 0.657. The molecule has 1 aromatic heterocycles. The minimum Gasteiger partial charge on any atom is -0.493 e. The minimum atomic E-state index is 0.0672. The summed E-state index contributed by atoms with van der Waals surface area (Å²) < 4.78 is 5.60. The Morgan fingerprint density at radius 2 is 2.10 bits per heavy atom. The van der Waals surface area contributed by atoms with Crippen LogP contribution in [0.25, 0.3) is 11.3 Å². The summed E-state index contributed by atoms with van der Waals surface area (Å²) in [5.74, 6) is 1.23. The second-order valence-corrected chi connectivity index (χ2v) is 8.75. The first-order valence-corrected chi connectivity index (χ1v) is 11.5. The number of benzene rings is 2. The van der Waals surface area contributed by atoms with Crippen molar-refractivity contribution in [2.45, 2.75) is 25.8 Å². The zero-order chi connectivity index (χ0) is 20.3. The maximum absolute atomic E-state index is 12.8. The van der Waals surface area contributed by atoms with Gasteiger partial charge in [-0.1, -0.05) is 24.3 Å².